The van der Waals surface area contributed by atoms with Gasteiger partial charge in [0.2, 0.25) is 5.95 Å². The number of piperazine rings is 1. The van der Waals surface area contributed by atoms with Gasteiger partial charge >= 0.3 is 0 Å². The Hall–Kier alpha value is -2.98. The van der Waals surface area contributed by atoms with Gasteiger partial charge in [0.05, 0.1) is 28.7 Å². The Kier molecular flexibility index (Phi) is 5.96. The van der Waals surface area contributed by atoms with E-state index < -0.39 is 4.92 Å². The average Bonchev–Trinajstić information content (AvgIpc) is 2.79. The summed E-state index contributed by atoms with van der Waals surface area (Å²) in [4.78, 5) is 38.1. The minimum atomic E-state index is -0.536. The van der Waals surface area contributed by atoms with E-state index in [0.29, 0.717) is 45.3 Å². The van der Waals surface area contributed by atoms with Gasteiger partial charge < -0.3 is 19.4 Å². The van der Waals surface area contributed by atoms with E-state index in [1.807, 2.05) is 6.07 Å². The highest BCUT2D eigenvalue weighted by Crippen LogP contribution is 2.25. The SMILES string of the molecule is O=C(c1ccc([N+](=O)[O-])cc1Cl)N1CCN(c2ccnc(N3CCOCC3)n2)CC1. The van der Waals surface area contributed by atoms with Crippen LogP contribution >= 0.6 is 11.6 Å². The molecule has 158 valence electrons. The first-order chi connectivity index (χ1) is 14.5. The molecule has 0 aliphatic carbocycles. The maximum absolute atomic E-state index is 12.8. The molecule has 0 saturated carbocycles. The van der Waals surface area contributed by atoms with Crippen molar-refractivity contribution in [2.24, 2.45) is 0 Å². The lowest BCUT2D eigenvalue weighted by Crippen LogP contribution is -2.49. The third-order valence-corrected chi connectivity index (χ3v) is 5.52. The van der Waals surface area contributed by atoms with E-state index in [4.69, 9.17) is 16.3 Å². The molecule has 0 spiro atoms. The van der Waals surface area contributed by atoms with Crippen LogP contribution in [0.5, 0.6) is 0 Å². The van der Waals surface area contributed by atoms with Gasteiger partial charge in [0.25, 0.3) is 11.6 Å². The van der Waals surface area contributed by atoms with Crippen molar-refractivity contribution in [3.05, 3.63) is 51.2 Å². The molecule has 1 aromatic carbocycles. The van der Waals surface area contributed by atoms with Gasteiger partial charge in [-0.25, -0.2) is 4.98 Å². The van der Waals surface area contributed by atoms with Crippen LogP contribution in [0, 0.1) is 10.1 Å². The predicted octanol–water partition coefficient (Wildman–Crippen LogP) is 1.84. The van der Waals surface area contributed by atoms with E-state index in [1.165, 1.54) is 18.2 Å². The third kappa shape index (κ3) is 4.29. The Morgan fingerprint density at radius 1 is 1.07 bits per heavy atom. The van der Waals surface area contributed by atoms with Gasteiger partial charge in [0.1, 0.15) is 5.82 Å². The van der Waals surface area contributed by atoms with Crippen molar-refractivity contribution in [1.29, 1.82) is 0 Å². The number of nitro benzene ring substituents is 1. The zero-order valence-corrected chi connectivity index (χ0v) is 17.0. The smallest absolute Gasteiger partial charge is 0.270 e. The van der Waals surface area contributed by atoms with Crippen LogP contribution in [0.2, 0.25) is 5.02 Å². The van der Waals surface area contributed by atoms with Crippen LogP contribution in [0.1, 0.15) is 10.4 Å². The zero-order valence-electron chi connectivity index (χ0n) is 16.2. The molecule has 1 amide bonds. The van der Waals surface area contributed by atoms with Gasteiger partial charge in [-0.3, -0.25) is 14.9 Å². The second kappa shape index (κ2) is 8.80. The number of morpholine rings is 1. The topological polar surface area (TPSA) is 105 Å². The highest BCUT2D eigenvalue weighted by atomic mass is 35.5. The van der Waals surface area contributed by atoms with Crippen molar-refractivity contribution < 1.29 is 14.5 Å². The lowest BCUT2D eigenvalue weighted by Gasteiger charge is -2.36. The second-order valence-electron chi connectivity index (χ2n) is 7.01. The van der Waals surface area contributed by atoms with E-state index in [9.17, 15) is 14.9 Å². The van der Waals surface area contributed by atoms with Crippen LogP contribution in [-0.4, -0.2) is 78.2 Å². The van der Waals surface area contributed by atoms with E-state index in [0.717, 1.165) is 18.9 Å². The van der Waals surface area contributed by atoms with E-state index in [2.05, 4.69) is 19.8 Å². The van der Waals surface area contributed by atoms with E-state index >= 15 is 0 Å². The molecule has 1 aromatic heterocycles. The fourth-order valence-electron chi connectivity index (χ4n) is 3.53. The lowest BCUT2D eigenvalue weighted by atomic mass is 10.1. The minimum absolute atomic E-state index is 0.0857. The molecule has 4 rings (SSSR count). The number of amides is 1. The molecule has 30 heavy (non-hydrogen) atoms. The van der Waals surface area contributed by atoms with Crippen molar-refractivity contribution in [3.8, 4) is 0 Å². The van der Waals surface area contributed by atoms with Crippen LogP contribution in [0.15, 0.2) is 30.5 Å². The number of anilines is 2. The Morgan fingerprint density at radius 3 is 2.47 bits per heavy atom. The molecule has 0 atom stereocenters. The number of aromatic nitrogens is 2. The monoisotopic (exact) mass is 432 g/mol. The first-order valence-electron chi connectivity index (χ1n) is 9.67. The third-order valence-electron chi connectivity index (χ3n) is 5.21. The highest BCUT2D eigenvalue weighted by molar-refractivity contribution is 6.34. The number of benzene rings is 1. The fourth-order valence-corrected chi connectivity index (χ4v) is 3.79. The number of carbonyl (C=O) groups is 1. The first-order valence-corrected chi connectivity index (χ1v) is 10.0. The fraction of sp³-hybridized carbons (Fsp3) is 0.421. The molecule has 2 aromatic rings. The van der Waals surface area contributed by atoms with Crippen molar-refractivity contribution in [3.63, 3.8) is 0 Å². The number of ether oxygens (including phenoxy) is 1. The van der Waals surface area contributed by atoms with Crippen LogP contribution in [0.3, 0.4) is 0 Å². The van der Waals surface area contributed by atoms with Crippen molar-refractivity contribution in [2.45, 2.75) is 0 Å². The Balaban J connectivity index is 1.40. The Bertz CT molecular complexity index is 944. The normalized spacial score (nSPS) is 17.2. The summed E-state index contributed by atoms with van der Waals surface area (Å²) < 4.78 is 5.38. The molecule has 2 aliphatic heterocycles. The molecule has 3 heterocycles. The van der Waals surface area contributed by atoms with Gasteiger partial charge in [-0.2, -0.15) is 4.98 Å². The maximum atomic E-state index is 12.8. The molecular formula is C19H21ClN6O4. The molecule has 0 bridgehead atoms. The van der Waals surface area contributed by atoms with Crippen LogP contribution in [-0.2, 0) is 4.74 Å². The standard InChI is InChI=1S/C19H21ClN6O4/c20-16-13-14(26(28)29)1-2-15(16)18(27)24-7-5-23(6-8-24)17-3-4-21-19(22-17)25-9-11-30-12-10-25/h1-4,13H,5-12H2. The first kappa shape index (κ1) is 20.3. The predicted molar refractivity (Wildman–Crippen MR) is 111 cm³/mol. The molecule has 0 N–H and O–H groups in total. The van der Waals surface area contributed by atoms with Crippen molar-refractivity contribution in [2.75, 3.05) is 62.3 Å². The minimum Gasteiger partial charge on any atom is -0.378 e. The van der Waals surface area contributed by atoms with Crippen molar-refractivity contribution >= 4 is 35.0 Å². The lowest BCUT2D eigenvalue weighted by molar-refractivity contribution is -0.384. The maximum Gasteiger partial charge on any atom is 0.270 e. The number of nitro groups is 1. The van der Waals surface area contributed by atoms with Crippen LogP contribution in [0.4, 0.5) is 17.5 Å². The molecule has 2 saturated heterocycles. The van der Waals surface area contributed by atoms with Crippen LogP contribution < -0.4 is 9.80 Å². The molecule has 0 unspecified atom stereocenters. The second-order valence-corrected chi connectivity index (χ2v) is 7.42. The van der Waals surface area contributed by atoms with Gasteiger partial charge in [0.15, 0.2) is 0 Å². The summed E-state index contributed by atoms with van der Waals surface area (Å²) in [6.45, 7) is 5.11. The summed E-state index contributed by atoms with van der Waals surface area (Å²) >= 11 is 6.11. The number of nitrogens with zero attached hydrogens (tertiary/aromatic N) is 6. The summed E-state index contributed by atoms with van der Waals surface area (Å²) in [5.41, 5.74) is 0.133. The molecular weight excluding hydrogens is 412 g/mol. The van der Waals surface area contributed by atoms with Crippen molar-refractivity contribution in [1.82, 2.24) is 14.9 Å². The number of carbonyl (C=O) groups excluding carboxylic acids is 1. The highest BCUT2D eigenvalue weighted by Gasteiger charge is 2.26. The van der Waals surface area contributed by atoms with Gasteiger partial charge in [0, 0.05) is 57.6 Å². The van der Waals surface area contributed by atoms with E-state index in [1.54, 1.807) is 11.1 Å². The summed E-state index contributed by atoms with van der Waals surface area (Å²) in [7, 11) is 0. The zero-order chi connectivity index (χ0) is 21.1. The molecule has 0 radical (unpaired) electrons. The molecule has 2 fully saturated rings. The number of halogens is 1. The van der Waals surface area contributed by atoms with Crippen LogP contribution in [0.25, 0.3) is 0 Å². The number of hydrogen-bond donors (Lipinski definition) is 0. The summed E-state index contributed by atoms with van der Waals surface area (Å²) in [6, 6.07) is 5.78. The summed E-state index contributed by atoms with van der Waals surface area (Å²) in [5, 5.41) is 10.9. The average molecular weight is 433 g/mol. The Labute approximate surface area is 178 Å². The van der Waals surface area contributed by atoms with Gasteiger partial charge in [-0.1, -0.05) is 11.6 Å². The van der Waals surface area contributed by atoms with E-state index in [-0.39, 0.29) is 22.2 Å². The van der Waals surface area contributed by atoms with Gasteiger partial charge in [-0.15, -0.1) is 0 Å². The van der Waals surface area contributed by atoms with Gasteiger partial charge in [-0.05, 0) is 12.1 Å². The largest absolute Gasteiger partial charge is 0.378 e. The number of hydrogen-bond acceptors (Lipinski definition) is 8. The summed E-state index contributed by atoms with van der Waals surface area (Å²) in [5.74, 6) is 1.28. The quantitative estimate of drug-likeness (QED) is 0.532. The molecule has 11 heteroatoms. The molecule has 10 nitrogen and oxygen atoms in total. The number of non-ortho nitro benzene ring substituents is 1. The Morgan fingerprint density at radius 2 is 1.80 bits per heavy atom. The summed E-state index contributed by atoms with van der Waals surface area (Å²) in [6.07, 6.45) is 1.75. The molecule has 2 aliphatic rings. The number of rotatable bonds is 4.